The van der Waals surface area contributed by atoms with Crippen LogP contribution in [0.15, 0.2) is 28.7 Å². The van der Waals surface area contributed by atoms with Gasteiger partial charge in [0.2, 0.25) is 5.91 Å². The van der Waals surface area contributed by atoms with Gasteiger partial charge in [0.1, 0.15) is 0 Å². The number of esters is 1. The Balaban J connectivity index is 2.12. The zero-order valence-corrected chi connectivity index (χ0v) is 14.6. The van der Waals surface area contributed by atoms with Crippen molar-refractivity contribution in [3.05, 3.63) is 34.3 Å². The summed E-state index contributed by atoms with van der Waals surface area (Å²) < 4.78 is 5.25. The molecule has 0 heterocycles. The number of benzene rings is 1. The molecule has 2 amide bonds. The fourth-order valence-electron chi connectivity index (χ4n) is 1.84. The van der Waals surface area contributed by atoms with E-state index in [1.54, 1.807) is 18.2 Å². The molecule has 0 aliphatic rings. The van der Waals surface area contributed by atoms with Gasteiger partial charge in [0.25, 0.3) is 5.91 Å². The highest BCUT2D eigenvalue weighted by Crippen LogP contribution is 2.15. The molecule has 0 unspecified atom stereocenters. The van der Waals surface area contributed by atoms with Crippen LogP contribution >= 0.6 is 15.9 Å². The Bertz CT molecular complexity index is 549. The molecule has 0 radical (unpaired) electrons. The van der Waals surface area contributed by atoms with Crippen LogP contribution < -0.4 is 10.6 Å². The molecule has 0 aliphatic carbocycles. The largest absolute Gasteiger partial charge is 0.469 e. The number of rotatable bonds is 9. The van der Waals surface area contributed by atoms with Crippen LogP contribution in [0.5, 0.6) is 0 Å². The highest BCUT2D eigenvalue weighted by molar-refractivity contribution is 9.10. The molecule has 6 nitrogen and oxygen atoms in total. The van der Waals surface area contributed by atoms with Gasteiger partial charge in [0.15, 0.2) is 0 Å². The summed E-state index contributed by atoms with van der Waals surface area (Å²) >= 11 is 3.32. The predicted octanol–water partition coefficient (Wildman–Crippen LogP) is 2.03. The molecule has 0 saturated heterocycles. The normalized spacial score (nSPS) is 10.0. The third kappa shape index (κ3) is 7.78. The van der Waals surface area contributed by atoms with E-state index in [2.05, 4.69) is 31.3 Å². The molecule has 1 rings (SSSR count). The Morgan fingerprint density at radius 2 is 1.70 bits per heavy atom. The van der Waals surface area contributed by atoms with Crippen molar-refractivity contribution in [3.63, 3.8) is 0 Å². The van der Waals surface area contributed by atoms with Crippen LogP contribution in [0.3, 0.4) is 0 Å². The molecule has 126 valence electrons. The van der Waals surface area contributed by atoms with Crippen LogP contribution in [-0.4, -0.2) is 38.0 Å². The van der Waals surface area contributed by atoms with Crippen molar-refractivity contribution < 1.29 is 19.1 Å². The van der Waals surface area contributed by atoms with Gasteiger partial charge in [-0.2, -0.15) is 0 Å². The maximum absolute atomic E-state index is 11.9. The molecule has 23 heavy (non-hydrogen) atoms. The first-order valence-corrected chi connectivity index (χ1v) is 8.20. The van der Waals surface area contributed by atoms with Crippen molar-refractivity contribution in [2.45, 2.75) is 25.7 Å². The minimum Gasteiger partial charge on any atom is -0.469 e. The number of ether oxygens (including phenoxy) is 1. The summed E-state index contributed by atoms with van der Waals surface area (Å²) in [6.07, 6.45) is 1.73. The van der Waals surface area contributed by atoms with Crippen LogP contribution in [0.4, 0.5) is 0 Å². The molecule has 1 aromatic rings. The Hall–Kier alpha value is -1.89. The lowest BCUT2D eigenvalue weighted by atomic mass is 10.2. The molecule has 0 aliphatic heterocycles. The molecule has 0 bridgehead atoms. The zero-order chi connectivity index (χ0) is 17.1. The van der Waals surface area contributed by atoms with E-state index in [-0.39, 0.29) is 17.8 Å². The maximum Gasteiger partial charge on any atom is 0.305 e. The van der Waals surface area contributed by atoms with Crippen LogP contribution in [-0.2, 0) is 14.3 Å². The number of carbonyl (C=O) groups excluding carboxylic acids is 3. The van der Waals surface area contributed by atoms with Gasteiger partial charge >= 0.3 is 5.97 Å². The molecule has 7 heteroatoms. The smallest absolute Gasteiger partial charge is 0.305 e. The molecule has 1 aromatic carbocycles. The third-order valence-electron chi connectivity index (χ3n) is 3.09. The Morgan fingerprint density at radius 1 is 1.04 bits per heavy atom. The van der Waals surface area contributed by atoms with Crippen molar-refractivity contribution in [1.82, 2.24) is 10.6 Å². The third-order valence-corrected chi connectivity index (χ3v) is 3.78. The summed E-state index contributed by atoms with van der Waals surface area (Å²) in [7, 11) is 1.34. The van der Waals surface area contributed by atoms with E-state index in [1.165, 1.54) is 7.11 Å². The molecule has 0 spiro atoms. The van der Waals surface area contributed by atoms with Gasteiger partial charge in [-0.3, -0.25) is 14.4 Å². The first-order valence-electron chi connectivity index (χ1n) is 7.41. The quantitative estimate of drug-likeness (QED) is 0.503. The SMILES string of the molecule is COC(=O)CCCNC(=O)CCCNC(=O)c1ccccc1Br. The Kier molecular flexibility index (Phi) is 8.97. The summed E-state index contributed by atoms with van der Waals surface area (Å²) in [6, 6.07) is 7.16. The van der Waals surface area contributed by atoms with E-state index in [0.29, 0.717) is 44.3 Å². The molecule has 0 saturated carbocycles. The number of carbonyl (C=O) groups is 3. The topological polar surface area (TPSA) is 84.5 Å². The summed E-state index contributed by atoms with van der Waals surface area (Å²) in [5, 5.41) is 5.50. The van der Waals surface area contributed by atoms with E-state index in [9.17, 15) is 14.4 Å². The van der Waals surface area contributed by atoms with Gasteiger partial charge in [-0.25, -0.2) is 0 Å². The van der Waals surface area contributed by atoms with Gasteiger partial charge < -0.3 is 15.4 Å². The zero-order valence-electron chi connectivity index (χ0n) is 13.1. The number of methoxy groups -OCH3 is 1. The number of halogens is 1. The summed E-state index contributed by atoms with van der Waals surface area (Å²) in [4.78, 5) is 34.4. The fourth-order valence-corrected chi connectivity index (χ4v) is 2.31. The average Bonchev–Trinajstić information content (AvgIpc) is 2.55. The average molecular weight is 385 g/mol. The van der Waals surface area contributed by atoms with E-state index in [0.717, 1.165) is 4.47 Å². The first-order chi connectivity index (χ1) is 11.0. The standard InChI is InChI=1S/C16H21BrN2O4/c1-23-15(21)9-5-10-18-14(20)8-4-11-19-16(22)12-6-2-3-7-13(12)17/h2-3,6-7H,4-5,8-11H2,1H3,(H,18,20)(H,19,22). The van der Waals surface area contributed by atoms with Crippen molar-refractivity contribution >= 4 is 33.7 Å². The molecule has 0 aromatic heterocycles. The Labute approximate surface area is 144 Å². The van der Waals surface area contributed by atoms with Gasteiger partial charge in [-0.15, -0.1) is 0 Å². The number of hydrogen-bond acceptors (Lipinski definition) is 4. The van der Waals surface area contributed by atoms with Gasteiger partial charge in [-0.1, -0.05) is 12.1 Å². The van der Waals surface area contributed by atoms with Crippen LogP contribution in [0.25, 0.3) is 0 Å². The van der Waals surface area contributed by atoms with Crippen molar-refractivity contribution in [3.8, 4) is 0 Å². The second-order valence-corrected chi connectivity index (χ2v) is 5.72. The summed E-state index contributed by atoms with van der Waals surface area (Å²) in [5.74, 6) is -0.546. The van der Waals surface area contributed by atoms with Crippen molar-refractivity contribution in [1.29, 1.82) is 0 Å². The number of hydrogen-bond donors (Lipinski definition) is 2. The molecular formula is C16H21BrN2O4. The first kappa shape index (κ1) is 19.2. The van der Waals surface area contributed by atoms with Gasteiger partial charge in [0, 0.05) is 30.4 Å². The van der Waals surface area contributed by atoms with Crippen molar-refractivity contribution in [2.24, 2.45) is 0 Å². The lowest BCUT2D eigenvalue weighted by Crippen LogP contribution is -2.28. The predicted molar refractivity (Wildman–Crippen MR) is 90.0 cm³/mol. The Morgan fingerprint density at radius 3 is 2.39 bits per heavy atom. The number of amides is 2. The van der Waals surface area contributed by atoms with Crippen LogP contribution in [0.1, 0.15) is 36.0 Å². The summed E-state index contributed by atoms with van der Waals surface area (Å²) in [6.45, 7) is 0.868. The van der Waals surface area contributed by atoms with Crippen LogP contribution in [0, 0.1) is 0 Å². The lowest BCUT2D eigenvalue weighted by molar-refractivity contribution is -0.140. The second-order valence-electron chi connectivity index (χ2n) is 4.87. The number of nitrogens with one attached hydrogen (secondary N) is 2. The summed E-state index contributed by atoms with van der Waals surface area (Å²) in [5.41, 5.74) is 0.569. The van der Waals surface area contributed by atoms with Crippen LogP contribution in [0.2, 0.25) is 0 Å². The van der Waals surface area contributed by atoms with Crippen molar-refractivity contribution in [2.75, 3.05) is 20.2 Å². The molecule has 0 fully saturated rings. The van der Waals surface area contributed by atoms with E-state index >= 15 is 0 Å². The van der Waals surface area contributed by atoms with E-state index in [4.69, 9.17) is 0 Å². The molecule has 0 atom stereocenters. The van der Waals surface area contributed by atoms with Gasteiger partial charge in [0.05, 0.1) is 12.7 Å². The second kappa shape index (κ2) is 10.8. The highest BCUT2D eigenvalue weighted by Gasteiger charge is 2.08. The fraction of sp³-hybridized carbons (Fsp3) is 0.438. The van der Waals surface area contributed by atoms with Gasteiger partial charge in [-0.05, 0) is 40.9 Å². The van der Waals surface area contributed by atoms with E-state index < -0.39 is 0 Å². The highest BCUT2D eigenvalue weighted by atomic mass is 79.9. The monoisotopic (exact) mass is 384 g/mol. The molecule has 2 N–H and O–H groups in total. The maximum atomic E-state index is 11.9. The minimum atomic E-state index is -0.283. The van der Waals surface area contributed by atoms with E-state index in [1.807, 2.05) is 6.07 Å². The minimum absolute atomic E-state index is 0.0926. The lowest BCUT2D eigenvalue weighted by Gasteiger charge is -2.07. The molecular weight excluding hydrogens is 364 g/mol.